The first kappa shape index (κ1) is 13.1. The smallest absolute Gasteiger partial charge is 0.171 e. The van der Waals surface area contributed by atoms with Crippen LogP contribution in [0.4, 0.5) is 8.78 Å². The van der Waals surface area contributed by atoms with Gasteiger partial charge in [-0.2, -0.15) is 0 Å². The molecule has 0 atom stereocenters. The van der Waals surface area contributed by atoms with E-state index in [1.807, 2.05) is 6.92 Å². The summed E-state index contributed by atoms with van der Waals surface area (Å²) in [6, 6.07) is 2.85. The average molecular weight is 253 g/mol. The summed E-state index contributed by atoms with van der Waals surface area (Å²) in [6.45, 7) is 4.78. The summed E-state index contributed by atoms with van der Waals surface area (Å²) in [5.74, 6) is -2.22. The van der Waals surface area contributed by atoms with E-state index in [0.717, 1.165) is 13.1 Å². The molecular formula is C14H17F2NO. The van der Waals surface area contributed by atoms with Crippen LogP contribution in [0.25, 0.3) is 0 Å². The first-order valence-corrected chi connectivity index (χ1v) is 6.16. The molecule has 1 fully saturated rings. The predicted octanol–water partition coefficient (Wildman–Crippen LogP) is 2.85. The van der Waals surface area contributed by atoms with Gasteiger partial charge in [-0.1, -0.05) is 13.0 Å². The maximum absolute atomic E-state index is 13.8. The van der Waals surface area contributed by atoms with Crippen LogP contribution in [-0.4, -0.2) is 18.9 Å². The summed E-state index contributed by atoms with van der Waals surface area (Å²) in [4.78, 5) is 12.4. The minimum atomic E-state index is -1.01. The van der Waals surface area contributed by atoms with E-state index in [9.17, 15) is 13.6 Å². The summed E-state index contributed by atoms with van der Waals surface area (Å²) in [6.07, 6.45) is 1.31. The average Bonchev–Trinajstić information content (AvgIpc) is 2.36. The lowest BCUT2D eigenvalue weighted by atomic mass is 9.75. The van der Waals surface area contributed by atoms with Gasteiger partial charge in [0, 0.05) is 5.41 Å². The fourth-order valence-corrected chi connectivity index (χ4v) is 2.35. The van der Waals surface area contributed by atoms with Crippen LogP contribution in [0.3, 0.4) is 0 Å². The summed E-state index contributed by atoms with van der Waals surface area (Å²) in [5.41, 5.74) is -0.490. The lowest BCUT2D eigenvalue weighted by Gasteiger charge is -2.32. The molecule has 1 aliphatic heterocycles. The Hall–Kier alpha value is -1.29. The van der Waals surface area contributed by atoms with Crippen molar-refractivity contribution in [3.8, 4) is 0 Å². The second-order valence-corrected chi connectivity index (χ2v) is 5.20. The Morgan fingerprint density at radius 1 is 1.22 bits per heavy atom. The molecule has 2 nitrogen and oxygen atoms in total. The number of Topliss-reactive ketones (excluding diaryl/α,β-unsaturated/α-hetero) is 1. The topological polar surface area (TPSA) is 29.1 Å². The Morgan fingerprint density at radius 2 is 1.83 bits per heavy atom. The molecular weight excluding hydrogens is 236 g/mol. The number of hydrogen-bond acceptors (Lipinski definition) is 2. The highest BCUT2D eigenvalue weighted by Gasteiger charge is 2.36. The third-order valence-electron chi connectivity index (χ3n) is 3.78. The molecule has 1 aromatic rings. The molecule has 0 aromatic heterocycles. The molecule has 1 saturated heterocycles. The molecule has 0 radical (unpaired) electrons. The maximum Gasteiger partial charge on any atom is 0.171 e. The fourth-order valence-electron chi connectivity index (χ4n) is 2.35. The van der Waals surface area contributed by atoms with Crippen LogP contribution in [0.15, 0.2) is 12.1 Å². The first-order chi connectivity index (χ1) is 8.46. The van der Waals surface area contributed by atoms with Crippen LogP contribution < -0.4 is 5.32 Å². The number of nitrogens with one attached hydrogen (secondary N) is 1. The number of carbonyl (C=O) groups excluding carboxylic acids is 1. The highest BCUT2D eigenvalue weighted by molar-refractivity contribution is 6.00. The van der Waals surface area contributed by atoms with Crippen molar-refractivity contribution in [3.05, 3.63) is 34.9 Å². The van der Waals surface area contributed by atoms with Gasteiger partial charge in [-0.05, 0) is 44.5 Å². The Balaban J connectivity index is 2.37. The van der Waals surface area contributed by atoms with Gasteiger partial charge >= 0.3 is 0 Å². The zero-order valence-corrected chi connectivity index (χ0v) is 10.6. The summed E-state index contributed by atoms with van der Waals surface area (Å²) in [7, 11) is 0. The van der Waals surface area contributed by atoms with Gasteiger partial charge in [0.2, 0.25) is 0 Å². The molecule has 0 saturated carbocycles. The number of carbonyl (C=O) groups is 1. The zero-order chi connectivity index (χ0) is 13.3. The molecule has 0 unspecified atom stereocenters. The van der Waals surface area contributed by atoms with Crippen LogP contribution >= 0.6 is 0 Å². The number of piperidine rings is 1. The Labute approximate surface area is 105 Å². The van der Waals surface area contributed by atoms with Gasteiger partial charge in [0.05, 0.1) is 5.56 Å². The van der Waals surface area contributed by atoms with E-state index >= 15 is 0 Å². The molecule has 18 heavy (non-hydrogen) atoms. The van der Waals surface area contributed by atoms with Crippen molar-refractivity contribution in [2.45, 2.75) is 26.7 Å². The second kappa shape index (κ2) is 4.76. The quantitative estimate of drug-likeness (QED) is 0.821. The first-order valence-electron chi connectivity index (χ1n) is 6.16. The van der Waals surface area contributed by atoms with Crippen molar-refractivity contribution >= 4 is 5.78 Å². The normalized spacial score (nSPS) is 18.7. The van der Waals surface area contributed by atoms with Gasteiger partial charge in [0.15, 0.2) is 17.4 Å². The van der Waals surface area contributed by atoms with Gasteiger partial charge in [-0.3, -0.25) is 4.79 Å². The van der Waals surface area contributed by atoms with Gasteiger partial charge in [0.25, 0.3) is 0 Å². The molecule has 1 N–H and O–H groups in total. The van der Waals surface area contributed by atoms with Crippen molar-refractivity contribution in [2.75, 3.05) is 13.1 Å². The lowest BCUT2D eigenvalue weighted by molar-refractivity contribution is 0.0756. The van der Waals surface area contributed by atoms with Gasteiger partial charge in [-0.25, -0.2) is 8.78 Å². The molecule has 1 aliphatic rings. The van der Waals surface area contributed by atoms with Crippen LogP contribution in [0.2, 0.25) is 0 Å². The molecule has 98 valence electrons. The van der Waals surface area contributed by atoms with E-state index in [1.165, 1.54) is 19.1 Å². The van der Waals surface area contributed by atoms with E-state index < -0.39 is 17.0 Å². The number of aryl methyl sites for hydroxylation is 1. The summed E-state index contributed by atoms with van der Waals surface area (Å²) < 4.78 is 27.3. The molecule has 4 heteroatoms. The summed E-state index contributed by atoms with van der Waals surface area (Å²) in [5, 5.41) is 3.16. The summed E-state index contributed by atoms with van der Waals surface area (Å²) >= 11 is 0. The number of ketones is 1. The molecule has 2 rings (SSSR count). The number of hydrogen-bond donors (Lipinski definition) is 1. The molecule has 1 heterocycles. The predicted molar refractivity (Wildman–Crippen MR) is 65.6 cm³/mol. The van der Waals surface area contributed by atoms with Crippen LogP contribution in [0, 0.1) is 24.0 Å². The van der Waals surface area contributed by atoms with E-state index in [2.05, 4.69) is 5.32 Å². The van der Waals surface area contributed by atoms with Crippen LogP contribution in [-0.2, 0) is 0 Å². The van der Waals surface area contributed by atoms with Crippen molar-refractivity contribution in [1.82, 2.24) is 5.32 Å². The van der Waals surface area contributed by atoms with E-state index in [4.69, 9.17) is 0 Å². The van der Waals surface area contributed by atoms with Crippen molar-refractivity contribution < 1.29 is 13.6 Å². The number of halogens is 2. The van der Waals surface area contributed by atoms with Gasteiger partial charge in [-0.15, -0.1) is 0 Å². The van der Waals surface area contributed by atoms with Crippen LogP contribution in [0.5, 0.6) is 0 Å². The molecule has 0 bridgehead atoms. The monoisotopic (exact) mass is 253 g/mol. The SMILES string of the molecule is Cc1ccc(C(=O)C2(C)CCNCC2)c(F)c1F. The maximum atomic E-state index is 13.8. The number of benzene rings is 1. The van der Waals surface area contributed by atoms with E-state index in [-0.39, 0.29) is 16.9 Å². The Morgan fingerprint density at radius 3 is 2.44 bits per heavy atom. The van der Waals surface area contributed by atoms with Gasteiger partial charge in [0.1, 0.15) is 0 Å². The standard InChI is InChI=1S/C14H17F2NO/c1-9-3-4-10(12(16)11(9)15)13(18)14(2)5-7-17-8-6-14/h3-4,17H,5-8H2,1-2H3. The van der Waals surface area contributed by atoms with Crippen molar-refractivity contribution in [3.63, 3.8) is 0 Å². The minimum absolute atomic E-state index is 0.123. The largest absolute Gasteiger partial charge is 0.317 e. The van der Waals surface area contributed by atoms with E-state index in [1.54, 1.807) is 0 Å². The molecule has 0 aliphatic carbocycles. The Kier molecular flexibility index (Phi) is 3.48. The van der Waals surface area contributed by atoms with Gasteiger partial charge < -0.3 is 5.32 Å². The molecule has 1 aromatic carbocycles. The molecule has 0 amide bonds. The van der Waals surface area contributed by atoms with Crippen molar-refractivity contribution in [2.24, 2.45) is 5.41 Å². The highest BCUT2D eigenvalue weighted by Crippen LogP contribution is 2.33. The minimum Gasteiger partial charge on any atom is -0.317 e. The van der Waals surface area contributed by atoms with E-state index in [0.29, 0.717) is 12.8 Å². The van der Waals surface area contributed by atoms with Crippen LogP contribution in [0.1, 0.15) is 35.7 Å². The molecule has 0 spiro atoms. The third-order valence-corrected chi connectivity index (χ3v) is 3.78. The highest BCUT2D eigenvalue weighted by atomic mass is 19.2. The fraction of sp³-hybridized carbons (Fsp3) is 0.500. The second-order valence-electron chi connectivity index (χ2n) is 5.20. The van der Waals surface area contributed by atoms with Crippen molar-refractivity contribution in [1.29, 1.82) is 0 Å². The third kappa shape index (κ3) is 2.17. The lowest BCUT2D eigenvalue weighted by Crippen LogP contribution is -2.40. The Bertz CT molecular complexity index is 479. The zero-order valence-electron chi connectivity index (χ0n) is 10.6. The number of rotatable bonds is 2.